The molecule has 0 aromatic heterocycles. The topological polar surface area (TPSA) is 81.9 Å². The molecule has 0 unspecified atom stereocenters. The number of nitrogens with zero attached hydrogens (tertiary/aromatic N) is 1. The number of esters is 1. The summed E-state index contributed by atoms with van der Waals surface area (Å²) >= 11 is 1.47. The molecule has 0 bridgehead atoms. The molecule has 2 heterocycles. The lowest BCUT2D eigenvalue weighted by atomic mass is 9.94. The highest BCUT2D eigenvalue weighted by Gasteiger charge is 2.71. The predicted octanol–water partition coefficient (Wildman–Crippen LogP) is 1.09. The number of thioether (sulfide) groups is 1. The van der Waals surface area contributed by atoms with E-state index in [9.17, 15) is 9.59 Å². The van der Waals surface area contributed by atoms with Gasteiger partial charge in [0.1, 0.15) is 18.0 Å². The summed E-state index contributed by atoms with van der Waals surface area (Å²) in [4.78, 5) is 26.4. The Hall–Kier alpha value is -1.57. The highest BCUT2D eigenvalue weighted by Crippen LogP contribution is 2.54. The molecule has 3 atom stereocenters. The molecule has 124 valence electrons. The number of fused-ring (bicyclic) bond motifs is 1. The number of rotatable bonds is 4. The standard InChI is InChI=1S/C16H20N2O4S/c1-15(2)11(12(19)22-9-10-7-5-4-6-8-10)18-13(20)16(17,21-3)14(18)23-15/h4-8,11,14H,9,17H2,1-3H3/t11-,14+,16-/m0/s1. The monoisotopic (exact) mass is 336 g/mol. The van der Waals surface area contributed by atoms with Gasteiger partial charge in [0.15, 0.2) is 0 Å². The van der Waals surface area contributed by atoms with Crippen molar-refractivity contribution in [3.63, 3.8) is 0 Å². The Labute approximate surface area is 139 Å². The van der Waals surface area contributed by atoms with Gasteiger partial charge in [0.25, 0.3) is 5.91 Å². The van der Waals surface area contributed by atoms with Crippen molar-refractivity contribution in [1.29, 1.82) is 0 Å². The van der Waals surface area contributed by atoms with Gasteiger partial charge in [-0.25, -0.2) is 4.79 Å². The van der Waals surface area contributed by atoms with E-state index in [1.54, 1.807) is 0 Å². The molecule has 6 nitrogen and oxygen atoms in total. The van der Waals surface area contributed by atoms with Gasteiger partial charge in [0, 0.05) is 11.9 Å². The van der Waals surface area contributed by atoms with E-state index in [0.29, 0.717) is 0 Å². The lowest BCUT2D eigenvalue weighted by Gasteiger charge is -2.49. The summed E-state index contributed by atoms with van der Waals surface area (Å²) in [5.74, 6) is -0.787. The third kappa shape index (κ3) is 2.43. The molecule has 2 saturated heterocycles. The molecule has 1 aromatic rings. The first-order valence-electron chi connectivity index (χ1n) is 7.36. The molecule has 2 fully saturated rings. The van der Waals surface area contributed by atoms with E-state index in [4.69, 9.17) is 15.2 Å². The Kier molecular flexibility index (Phi) is 3.90. The highest BCUT2D eigenvalue weighted by atomic mass is 32.2. The third-order valence-corrected chi connectivity index (χ3v) is 5.96. The fourth-order valence-corrected chi connectivity index (χ4v) is 4.65. The van der Waals surface area contributed by atoms with Crippen molar-refractivity contribution in [2.75, 3.05) is 7.11 Å². The summed E-state index contributed by atoms with van der Waals surface area (Å²) < 4.78 is 10.1. The van der Waals surface area contributed by atoms with Crippen LogP contribution in [-0.4, -0.2) is 45.8 Å². The van der Waals surface area contributed by atoms with Crippen LogP contribution in [0, 0.1) is 0 Å². The third-order valence-electron chi connectivity index (χ3n) is 4.33. The van der Waals surface area contributed by atoms with Crippen LogP contribution in [0.4, 0.5) is 0 Å². The molecule has 0 radical (unpaired) electrons. The van der Waals surface area contributed by atoms with Crippen molar-refractivity contribution in [1.82, 2.24) is 4.90 Å². The first-order valence-corrected chi connectivity index (χ1v) is 8.24. The first-order chi connectivity index (χ1) is 10.8. The van der Waals surface area contributed by atoms with E-state index in [0.717, 1.165) is 5.56 Å². The molecule has 1 amide bonds. The molecule has 0 spiro atoms. The molecule has 0 saturated carbocycles. The van der Waals surface area contributed by atoms with Gasteiger partial charge in [0.2, 0.25) is 5.72 Å². The van der Waals surface area contributed by atoms with Gasteiger partial charge < -0.3 is 14.4 Å². The summed E-state index contributed by atoms with van der Waals surface area (Å²) in [6.07, 6.45) is 0. The maximum atomic E-state index is 12.6. The number of benzene rings is 1. The number of β-lactam (4-membered cyclic amide) rings is 1. The predicted molar refractivity (Wildman–Crippen MR) is 86.3 cm³/mol. The van der Waals surface area contributed by atoms with E-state index in [1.165, 1.54) is 23.8 Å². The number of ether oxygens (including phenoxy) is 2. The number of nitrogens with two attached hydrogens (primary N) is 1. The summed E-state index contributed by atoms with van der Waals surface area (Å²) in [7, 11) is 1.41. The highest BCUT2D eigenvalue weighted by molar-refractivity contribution is 8.01. The van der Waals surface area contributed by atoms with Crippen molar-refractivity contribution < 1.29 is 19.1 Å². The average Bonchev–Trinajstić information content (AvgIpc) is 2.82. The molecule has 23 heavy (non-hydrogen) atoms. The lowest BCUT2D eigenvalue weighted by molar-refractivity contribution is -0.193. The molecule has 7 heteroatoms. The molecule has 2 aliphatic rings. The van der Waals surface area contributed by atoms with Gasteiger partial charge in [-0.15, -0.1) is 11.8 Å². The molecular weight excluding hydrogens is 316 g/mol. The van der Waals surface area contributed by atoms with Gasteiger partial charge in [0.05, 0.1) is 0 Å². The molecular formula is C16H20N2O4S. The van der Waals surface area contributed by atoms with Crippen molar-refractivity contribution in [2.45, 2.75) is 42.3 Å². The van der Waals surface area contributed by atoms with Crippen molar-refractivity contribution >= 4 is 23.6 Å². The molecule has 0 aliphatic carbocycles. The minimum atomic E-state index is -1.35. The van der Waals surface area contributed by atoms with Crippen LogP contribution in [0.15, 0.2) is 30.3 Å². The van der Waals surface area contributed by atoms with Crippen LogP contribution in [0.25, 0.3) is 0 Å². The summed E-state index contributed by atoms with van der Waals surface area (Å²) in [6, 6.07) is 8.77. The maximum Gasteiger partial charge on any atom is 0.330 e. The molecule has 2 aliphatic heterocycles. The van der Waals surface area contributed by atoms with Crippen LogP contribution in [-0.2, 0) is 25.7 Å². The van der Waals surface area contributed by atoms with Crippen LogP contribution in [0.5, 0.6) is 0 Å². The summed E-state index contributed by atoms with van der Waals surface area (Å²) in [6.45, 7) is 4.00. The average molecular weight is 336 g/mol. The zero-order chi connectivity index (χ0) is 16.8. The lowest BCUT2D eigenvalue weighted by Crippen LogP contribution is -2.78. The van der Waals surface area contributed by atoms with Gasteiger partial charge in [-0.1, -0.05) is 30.3 Å². The van der Waals surface area contributed by atoms with Crippen molar-refractivity contribution in [2.24, 2.45) is 5.73 Å². The van der Waals surface area contributed by atoms with Crippen molar-refractivity contribution in [3.05, 3.63) is 35.9 Å². The van der Waals surface area contributed by atoms with Crippen LogP contribution < -0.4 is 5.73 Å². The minimum absolute atomic E-state index is 0.182. The van der Waals surface area contributed by atoms with E-state index in [1.807, 2.05) is 44.2 Å². The second-order valence-corrected chi connectivity index (χ2v) is 8.01. The maximum absolute atomic E-state index is 12.6. The van der Waals surface area contributed by atoms with Gasteiger partial charge in [-0.2, -0.15) is 0 Å². The van der Waals surface area contributed by atoms with Gasteiger partial charge in [-0.3, -0.25) is 10.5 Å². The van der Waals surface area contributed by atoms with E-state index >= 15 is 0 Å². The van der Waals surface area contributed by atoms with Crippen LogP contribution in [0.2, 0.25) is 0 Å². The molecule has 2 N–H and O–H groups in total. The van der Waals surface area contributed by atoms with Gasteiger partial charge >= 0.3 is 5.97 Å². The first kappa shape index (κ1) is 16.3. The molecule has 3 rings (SSSR count). The normalized spacial score (nSPS) is 31.5. The number of hydrogen-bond donors (Lipinski definition) is 1. The smallest absolute Gasteiger partial charge is 0.330 e. The van der Waals surface area contributed by atoms with Crippen LogP contribution in [0.3, 0.4) is 0 Å². The largest absolute Gasteiger partial charge is 0.459 e. The fourth-order valence-electron chi connectivity index (χ4n) is 3.03. The van der Waals surface area contributed by atoms with E-state index in [-0.39, 0.29) is 17.9 Å². The number of amides is 1. The zero-order valence-corrected chi connectivity index (χ0v) is 14.1. The Morgan fingerprint density at radius 2 is 2.00 bits per heavy atom. The van der Waals surface area contributed by atoms with Crippen LogP contribution >= 0.6 is 11.8 Å². The molecule has 1 aromatic carbocycles. The van der Waals surface area contributed by atoms with Crippen LogP contribution in [0.1, 0.15) is 19.4 Å². The fraction of sp³-hybridized carbons (Fsp3) is 0.500. The van der Waals surface area contributed by atoms with Gasteiger partial charge in [-0.05, 0) is 19.4 Å². The minimum Gasteiger partial charge on any atom is -0.459 e. The summed E-state index contributed by atoms with van der Waals surface area (Å²) in [5, 5.41) is -0.371. The second-order valence-electron chi connectivity index (χ2n) is 6.28. The number of methoxy groups -OCH3 is 1. The van der Waals surface area contributed by atoms with Crippen molar-refractivity contribution in [3.8, 4) is 0 Å². The number of hydrogen-bond acceptors (Lipinski definition) is 6. The van der Waals surface area contributed by atoms with E-state index in [2.05, 4.69) is 0 Å². The summed E-state index contributed by atoms with van der Waals surface area (Å²) in [5.41, 5.74) is 5.55. The quantitative estimate of drug-likeness (QED) is 0.504. The van der Waals surface area contributed by atoms with E-state index < -0.39 is 22.5 Å². The Balaban J connectivity index is 1.74. The Bertz CT molecular complexity index is 636. The Morgan fingerprint density at radius 3 is 2.61 bits per heavy atom. The number of carbonyl (C=O) groups excluding carboxylic acids is 2. The zero-order valence-electron chi connectivity index (χ0n) is 13.3. The number of carbonyl (C=O) groups is 2. The second kappa shape index (κ2) is 5.51. The SMILES string of the molecule is CO[C@@]1(N)C(=O)N2[C@@H](C(=O)OCc3ccccc3)C(C)(C)S[C@@H]21. The Morgan fingerprint density at radius 1 is 1.35 bits per heavy atom.